The first-order valence-corrected chi connectivity index (χ1v) is 12.0. The molecule has 2 aromatic heterocycles. The minimum absolute atomic E-state index is 0.0971. The third kappa shape index (κ3) is 6.25. The van der Waals surface area contributed by atoms with Crippen LogP contribution in [0.5, 0.6) is 11.5 Å². The average molecular weight is 500 g/mol. The van der Waals surface area contributed by atoms with Gasteiger partial charge in [0.1, 0.15) is 5.75 Å². The fraction of sp³-hybridized carbons (Fsp3) is 0.214. The summed E-state index contributed by atoms with van der Waals surface area (Å²) < 4.78 is 25.4. The van der Waals surface area contributed by atoms with Gasteiger partial charge >= 0.3 is 0 Å². The lowest BCUT2D eigenvalue weighted by Crippen LogP contribution is -2.47. The molecular weight excluding hydrogens is 473 g/mol. The van der Waals surface area contributed by atoms with Crippen LogP contribution in [0.25, 0.3) is 17.5 Å². The number of hydrogen-bond donors (Lipinski definition) is 0. The Bertz CT molecular complexity index is 1380. The first-order valence-electron chi connectivity index (χ1n) is 12.0. The summed E-state index contributed by atoms with van der Waals surface area (Å²) in [7, 11) is 0. The van der Waals surface area contributed by atoms with Gasteiger partial charge in [-0.3, -0.25) is 14.7 Å². The minimum Gasteiger partial charge on any atom is -0.453 e. The van der Waals surface area contributed by atoms with Crippen molar-refractivity contribution in [2.75, 3.05) is 26.2 Å². The van der Waals surface area contributed by atoms with E-state index >= 15 is 0 Å². The predicted molar refractivity (Wildman–Crippen MR) is 136 cm³/mol. The van der Waals surface area contributed by atoms with Gasteiger partial charge in [-0.15, -0.1) is 0 Å². The molecule has 0 spiro atoms. The molecule has 0 radical (unpaired) electrons. The molecule has 9 heteroatoms. The third-order valence-electron chi connectivity index (χ3n) is 6.06. The van der Waals surface area contributed by atoms with E-state index in [0.717, 1.165) is 5.56 Å². The standard InChI is InChI=1S/C28H26FN5O3/c1-20-4-8-22(9-5-20)28-31-26(37-32-28)19-33-13-15-34(16-14-33)27(35)11-7-21-6-10-25(24(29)17-21)36-23-3-2-12-30-18-23/h2-12,17-18H,13-16,19H2,1H3/b11-7+. The lowest BCUT2D eigenvalue weighted by Gasteiger charge is -2.33. The molecule has 0 N–H and O–H groups in total. The Balaban J connectivity index is 1.11. The van der Waals surface area contributed by atoms with Crippen LogP contribution in [0.15, 0.2) is 77.6 Å². The largest absolute Gasteiger partial charge is 0.453 e. The average Bonchev–Trinajstić information content (AvgIpc) is 3.38. The Morgan fingerprint density at radius 3 is 2.65 bits per heavy atom. The molecule has 0 bridgehead atoms. The van der Waals surface area contributed by atoms with Crippen molar-refractivity contribution < 1.29 is 18.4 Å². The normalized spacial score (nSPS) is 14.3. The van der Waals surface area contributed by atoms with Gasteiger partial charge < -0.3 is 14.2 Å². The Kier molecular flexibility index (Phi) is 7.32. The number of nitrogens with zero attached hydrogens (tertiary/aromatic N) is 5. The molecule has 1 amide bonds. The summed E-state index contributed by atoms with van der Waals surface area (Å²) in [6.45, 7) is 5.10. The molecular formula is C28H26FN5O3. The van der Waals surface area contributed by atoms with Crippen molar-refractivity contribution >= 4 is 12.0 Å². The van der Waals surface area contributed by atoms with Crippen LogP contribution in [-0.4, -0.2) is 57.0 Å². The van der Waals surface area contributed by atoms with Gasteiger partial charge in [-0.25, -0.2) is 4.39 Å². The van der Waals surface area contributed by atoms with Crippen LogP contribution in [0, 0.1) is 12.7 Å². The van der Waals surface area contributed by atoms with E-state index in [4.69, 9.17) is 9.26 Å². The fourth-order valence-corrected chi connectivity index (χ4v) is 3.97. The number of carbonyl (C=O) groups excluding carboxylic acids is 1. The van der Waals surface area contributed by atoms with Crippen molar-refractivity contribution in [1.82, 2.24) is 24.9 Å². The highest BCUT2D eigenvalue weighted by Gasteiger charge is 2.21. The van der Waals surface area contributed by atoms with Crippen molar-refractivity contribution in [2.45, 2.75) is 13.5 Å². The predicted octanol–water partition coefficient (Wildman–Crippen LogP) is 4.73. The molecule has 0 atom stereocenters. The van der Waals surface area contributed by atoms with Crippen LogP contribution in [0.4, 0.5) is 4.39 Å². The van der Waals surface area contributed by atoms with Crippen molar-refractivity contribution in [3.05, 3.63) is 95.9 Å². The monoisotopic (exact) mass is 499 g/mol. The molecule has 0 unspecified atom stereocenters. The molecule has 1 saturated heterocycles. The zero-order valence-corrected chi connectivity index (χ0v) is 20.4. The number of aryl methyl sites for hydroxylation is 1. The van der Waals surface area contributed by atoms with E-state index in [9.17, 15) is 9.18 Å². The van der Waals surface area contributed by atoms with Crippen LogP contribution < -0.4 is 4.74 Å². The Hall–Kier alpha value is -4.37. The number of ether oxygens (including phenoxy) is 1. The molecule has 37 heavy (non-hydrogen) atoms. The highest BCUT2D eigenvalue weighted by atomic mass is 19.1. The van der Waals surface area contributed by atoms with Crippen molar-refractivity contribution in [3.63, 3.8) is 0 Å². The second kappa shape index (κ2) is 11.1. The van der Waals surface area contributed by atoms with Crippen LogP contribution in [0.1, 0.15) is 17.0 Å². The van der Waals surface area contributed by atoms with E-state index < -0.39 is 5.82 Å². The molecule has 8 nitrogen and oxygen atoms in total. The summed E-state index contributed by atoms with van der Waals surface area (Å²) in [6.07, 6.45) is 6.20. The molecule has 4 aromatic rings. The highest BCUT2D eigenvalue weighted by Crippen LogP contribution is 2.25. The van der Waals surface area contributed by atoms with Gasteiger partial charge in [0, 0.05) is 44.0 Å². The van der Waals surface area contributed by atoms with Gasteiger partial charge in [-0.1, -0.05) is 41.1 Å². The summed E-state index contributed by atoms with van der Waals surface area (Å²) in [5, 5.41) is 4.09. The number of hydrogen-bond acceptors (Lipinski definition) is 7. The van der Waals surface area contributed by atoms with Crippen molar-refractivity contribution in [1.29, 1.82) is 0 Å². The molecule has 188 valence electrons. The van der Waals surface area contributed by atoms with Crippen LogP contribution >= 0.6 is 0 Å². The van der Waals surface area contributed by atoms with Crippen LogP contribution in [0.3, 0.4) is 0 Å². The second-order valence-electron chi connectivity index (χ2n) is 8.79. The molecule has 0 saturated carbocycles. The van der Waals surface area contributed by atoms with E-state index in [2.05, 4.69) is 20.0 Å². The second-order valence-corrected chi connectivity index (χ2v) is 8.79. The maximum absolute atomic E-state index is 14.5. The van der Waals surface area contributed by atoms with Gasteiger partial charge in [-0.05, 0) is 42.8 Å². The molecule has 1 aliphatic heterocycles. The van der Waals surface area contributed by atoms with E-state index in [0.29, 0.717) is 55.8 Å². The summed E-state index contributed by atoms with van der Waals surface area (Å²) in [5.74, 6) is 1.04. The zero-order valence-electron chi connectivity index (χ0n) is 20.4. The number of rotatable bonds is 7. The Morgan fingerprint density at radius 1 is 1.11 bits per heavy atom. The number of halogens is 1. The lowest BCUT2D eigenvalue weighted by molar-refractivity contribution is -0.127. The Morgan fingerprint density at radius 2 is 1.92 bits per heavy atom. The van der Waals surface area contributed by atoms with Crippen molar-refractivity contribution in [3.8, 4) is 22.9 Å². The van der Waals surface area contributed by atoms with E-state index in [1.165, 1.54) is 30.0 Å². The number of amides is 1. The van der Waals surface area contributed by atoms with Crippen LogP contribution in [-0.2, 0) is 11.3 Å². The summed E-state index contributed by atoms with van der Waals surface area (Å²) >= 11 is 0. The molecule has 0 aliphatic carbocycles. The van der Waals surface area contributed by atoms with E-state index in [1.54, 1.807) is 35.4 Å². The summed E-state index contributed by atoms with van der Waals surface area (Å²) in [6, 6.07) is 16.0. The molecule has 2 aromatic carbocycles. The number of aromatic nitrogens is 3. The topological polar surface area (TPSA) is 84.6 Å². The number of pyridine rings is 1. The third-order valence-corrected chi connectivity index (χ3v) is 6.06. The molecule has 1 fully saturated rings. The smallest absolute Gasteiger partial charge is 0.246 e. The first kappa shape index (κ1) is 24.3. The van der Waals surface area contributed by atoms with Gasteiger partial charge in [-0.2, -0.15) is 4.98 Å². The van der Waals surface area contributed by atoms with Gasteiger partial charge in [0.05, 0.1) is 12.7 Å². The van der Waals surface area contributed by atoms with E-state index in [1.807, 2.05) is 31.2 Å². The molecule has 3 heterocycles. The Labute approximate surface area is 214 Å². The van der Waals surface area contributed by atoms with Gasteiger partial charge in [0.15, 0.2) is 11.6 Å². The van der Waals surface area contributed by atoms with Crippen molar-refractivity contribution in [2.24, 2.45) is 0 Å². The maximum Gasteiger partial charge on any atom is 0.246 e. The fourth-order valence-electron chi connectivity index (χ4n) is 3.97. The number of carbonyl (C=O) groups is 1. The summed E-state index contributed by atoms with van der Waals surface area (Å²) in [4.78, 5) is 25.1. The molecule has 5 rings (SSSR count). The highest BCUT2D eigenvalue weighted by molar-refractivity contribution is 5.91. The number of piperazine rings is 1. The SMILES string of the molecule is Cc1ccc(-c2noc(CN3CCN(C(=O)/C=C/c4ccc(Oc5cccnc5)c(F)c4)CC3)n2)cc1. The van der Waals surface area contributed by atoms with Crippen LogP contribution in [0.2, 0.25) is 0 Å². The van der Waals surface area contributed by atoms with Gasteiger partial charge in [0.2, 0.25) is 17.6 Å². The first-order chi connectivity index (χ1) is 18.0. The zero-order chi connectivity index (χ0) is 25.6. The van der Waals surface area contributed by atoms with Gasteiger partial charge in [0.25, 0.3) is 0 Å². The minimum atomic E-state index is -0.515. The number of benzene rings is 2. The van der Waals surface area contributed by atoms with E-state index in [-0.39, 0.29) is 11.7 Å². The lowest BCUT2D eigenvalue weighted by atomic mass is 10.1. The summed E-state index contributed by atoms with van der Waals surface area (Å²) in [5.41, 5.74) is 2.66. The maximum atomic E-state index is 14.5. The molecule has 1 aliphatic rings. The quantitative estimate of drug-likeness (QED) is 0.340.